The fraction of sp³-hybridized carbons (Fsp3) is 0.417. The quantitative estimate of drug-likeness (QED) is 0.927. The van der Waals surface area contributed by atoms with Crippen LogP contribution in [0.2, 0.25) is 0 Å². The molecule has 98 valence electrons. The second-order valence-electron chi connectivity index (χ2n) is 4.06. The molecule has 0 amide bonds. The Morgan fingerprint density at radius 1 is 1.44 bits per heavy atom. The van der Waals surface area contributed by atoms with Crippen LogP contribution in [-0.2, 0) is 9.53 Å². The number of rotatable bonds is 3. The topological polar surface area (TPSA) is 49.8 Å². The molecule has 1 unspecified atom stereocenters. The first-order valence-corrected chi connectivity index (χ1v) is 6.38. The molecule has 2 rings (SSSR count). The summed E-state index contributed by atoms with van der Waals surface area (Å²) in [5.74, 6) is -1.33. The number of nitrogens with zero attached hydrogens (tertiary/aromatic N) is 1. The van der Waals surface area contributed by atoms with E-state index >= 15 is 0 Å². The molecule has 1 aliphatic heterocycles. The molecule has 1 atom stereocenters. The second kappa shape index (κ2) is 5.77. The maximum atomic E-state index is 13.2. The van der Waals surface area contributed by atoms with Gasteiger partial charge >= 0.3 is 5.97 Å². The van der Waals surface area contributed by atoms with Crippen LogP contribution in [0.5, 0.6) is 0 Å². The Kier molecular flexibility index (Phi) is 4.31. The number of benzene rings is 1. The van der Waals surface area contributed by atoms with Gasteiger partial charge in [0.15, 0.2) is 0 Å². The van der Waals surface area contributed by atoms with Gasteiger partial charge in [0, 0.05) is 13.1 Å². The van der Waals surface area contributed by atoms with Crippen molar-refractivity contribution in [2.24, 2.45) is 0 Å². The van der Waals surface area contributed by atoms with Gasteiger partial charge < -0.3 is 9.84 Å². The van der Waals surface area contributed by atoms with Gasteiger partial charge in [0.05, 0.1) is 17.7 Å². The van der Waals surface area contributed by atoms with E-state index in [9.17, 15) is 14.3 Å². The lowest BCUT2D eigenvalue weighted by atomic mass is 10.0. The van der Waals surface area contributed by atoms with Crippen LogP contribution in [0.4, 0.5) is 4.39 Å². The van der Waals surface area contributed by atoms with Gasteiger partial charge in [-0.15, -0.1) is 0 Å². The van der Waals surface area contributed by atoms with E-state index in [2.05, 4.69) is 15.9 Å². The van der Waals surface area contributed by atoms with E-state index in [1.54, 1.807) is 0 Å². The van der Waals surface area contributed by atoms with E-state index in [1.165, 1.54) is 18.2 Å². The predicted molar refractivity (Wildman–Crippen MR) is 66.9 cm³/mol. The Bertz CT molecular complexity index is 449. The molecule has 1 N–H and O–H groups in total. The molecule has 1 aliphatic rings. The highest BCUT2D eigenvalue weighted by atomic mass is 79.9. The van der Waals surface area contributed by atoms with E-state index in [0.717, 1.165) is 0 Å². The van der Waals surface area contributed by atoms with Crippen LogP contribution in [0.1, 0.15) is 11.6 Å². The molecule has 0 radical (unpaired) electrons. The average molecular weight is 318 g/mol. The molecule has 1 aromatic carbocycles. The molecule has 0 spiro atoms. The Morgan fingerprint density at radius 3 is 2.67 bits per heavy atom. The summed E-state index contributed by atoms with van der Waals surface area (Å²) < 4.78 is 18.7. The molecule has 1 aromatic rings. The molecule has 18 heavy (non-hydrogen) atoms. The summed E-state index contributed by atoms with van der Waals surface area (Å²) in [6.45, 7) is 2.16. The van der Waals surface area contributed by atoms with Gasteiger partial charge in [0.1, 0.15) is 11.9 Å². The van der Waals surface area contributed by atoms with Gasteiger partial charge in [-0.1, -0.05) is 6.07 Å². The van der Waals surface area contributed by atoms with Crippen LogP contribution in [0, 0.1) is 5.82 Å². The lowest BCUT2D eigenvalue weighted by molar-refractivity contribution is -0.145. The van der Waals surface area contributed by atoms with Crippen LogP contribution in [0.25, 0.3) is 0 Å². The summed E-state index contributed by atoms with van der Waals surface area (Å²) in [5.41, 5.74) is 0.567. The van der Waals surface area contributed by atoms with Crippen molar-refractivity contribution >= 4 is 21.9 Å². The zero-order valence-corrected chi connectivity index (χ0v) is 11.2. The maximum Gasteiger partial charge on any atom is 0.325 e. The third kappa shape index (κ3) is 2.88. The molecule has 1 fully saturated rings. The first kappa shape index (κ1) is 13.5. The van der Waals surface area contributed by atoms with Gasteiger partial charge in [-0.2, -0.15) is 0 Å². The lowest BCUT2D eigenvalue weighted by Gasteiger charge is -2.32. The summed E-state index contributed by atoms with van der Waals surface area (Å²) in [4.78, 5) is 13.2. The summed E-state index contributed by atoms with van der Waals surface area (Å²) >= 11 is 3.08. The van der Waals surface area contributed by atoms with Crippen molar-refractivity contribution in [3.05, 3.63) is 34.1 Å². The van der Waals surface area contributed by atoms with Crippen LogP contribution in [-0.4, -0.2) is 42.3 Å². The van der Waals surface area contributed by atoms with E-state index in [0.29, 0.717) is 31.9 Å². The number of morpholine rings is 1. The average Bonchev–Trinajstić information content (AvgIpc) is 2.35. The number of carboxylic acids is 1. The summed E-state index contributed by atoms with van der Waals surface area (Å²) in [6.07, 6.45) is 0. The van der Waals surface area contributed by atoms with Gasteiger partial charge in [0.25, 0.3) is 0 Å². The molecule has 4 nitrogen and oxygen atoms in total. The highest BCUT2D eigenvalue weighted by Gasteiger charge is 2.29. The minimum Gasteiger partial charge on any atom is -0.480 e. The van der Waals surface area contributed by atoms with E-state index in [4.69, 9.17) is 4.74 Å². The zero-order valence-electron chi connectivity index (χ0n) is 9.60. The van der Waals surface area contributed by atoms with Crippen LogP contribution in [0.3, 0.4) is 0 Å². The van der Waals surface area contributed by atoms with Crippen LogP contribution >= 0.6 is 15.9 Å². The third-order valence-electron chi connectivity index (χ3n) is 2.90. The molecular weight excluding hydrogens is 305 g/mol. The number of hydrogen-bond acceptors (Lipinski definition) is 3. The lowest BCUT2D eigenvalue weighted by Crippen LogP contribution is -2.42. The van der Waals surface area contributed by atoms with Gasteiger partial charge in [0.2, 0.25) is 0 Å². The van der Waals surface area contributed by atoms with Crippen LogP contribution < -0.4 is 0 Å². The fourth-order valence-corrected chi connectivity index (χ4v) is 2.42. The van der Waals surface area contributed by atoms with Gasteiger partial charge in [-0.25, -0.2) is 4.39 Å². The zero-order chi connectivity index (χ0) is 13.1. The van der Waals surface area contributed by atoms with E-state index in [1.807, 2.05) is 4.90 Å². The SMILES string of the molecule is O=C(O)C(c1ccc(F)c(Br)c1)N1CCOCC1. The van der Waals surface area contributed by atoms with E-state index < -0.39 is 17.8 Å². The molecule has 0 aromatic heterocycles. The van der Waals surface area contributed by atoms with Gasteiger partial charge in [-0.05, 0) is 33.6 Å². The standard InChI is InChI=1S/C12H13BrFNO3/c13-9-7-8(1-2-10(9)14)11(12(16)17)15-3-5-18-6-4-15/h1-2,7,11H,3-6H2,(H,16,17). The molecular formula is C12H13BrFNO3. The number of carbonyl (C=O) groups is 1. The van der Waals surface area contributed by atoms with E-state index in [-0.39, 0.29) is 4.47 Å². The number of carboxylic acid groups (broad SMARTS) is 1. The predicted octanol–water partition coefficient (Wildman–Crippen LogP) is 2.05. The molecule has 6 heteroatoms. The Labute approximate surface area is 112 Å². The Morgan fingerprint density at radius 2 is 2.11 bits per heavy atom. The highest BCUT2D eigenvalue weighted by Crippen LogP contribution is 2.26. The largest absolute Gasteiger partial charge is 0.480 e. The number of halogens is 2. The van der Waals surface area contributed by atoms with Crippen LogP contribution in [0.15, 0.2) is 22.7 Å². The normalized spacial score (nSPS) is 18.6. The maximum absolute atomic E-state index is 13.2. The summed E-state index contributed by atoms with van der Waals surface area (Å²) in [5, 5.41) is 9.35. The summed E-state index contributed by atoms with van der Waals surface area (Å²) in [6, 6.07) is 3.54. The first-order valence-electron chi connectivity index (χ1n) is 5.59. The molecule has 1 heterocycles. The minimum absolute atomic E-state index is 0.277. The molecule has 0 aliphatic carbocycles. The fourth-order valence-electron chi connectivity index (χ4n) is 2.03. The Balaban J connectivity index is 2.28. The van der Waals surface area contributed by atoms with Crippen molar-refractivity contribution in [3.63, 3.8) is 0 Å². The summed E-state index contributed by atoms with van der Waals surface area (Å²) in [7, 11) is 0. The van der Waals surface area contributed by atoms with Crippen molar-refractivity contribution < 1.29 is 19.0 Å². The molecule has 0 bridgehead atoms. The number of hydrogen-bond donors (Lipinski definition) is 1. The molecule has 0 saturated carbocycles. The minimum atomic E-state index is -0.935. The van der Waals surface area contributed by atoms with Crippen molar-refractivity contribution in [1.82, 2.24) is 4.90 Å². The highest BCUT2D eigenvalue weighted by molar-refractivity contribution is 9.10. The number of aliphatic carboxylic acids is 1. The Hall–Kier alpha value is -0.980. The number of ether oxygens (including phenoxy) is 1. The second-order valence-corrected chi connectivity index (χ2v) is 4.92. The van der Waals surface area contributed by atoms with Gasteiger partial charge in [-0.3, -0.25) is 9.69 Å². The van der Waals surface area contributed by atoms with Crippen molar-refractivity contribution in [3.8, 4) is 0 Å². The van der Waals surface area contributed by atoms with Crippen molar-refractivity contribution in [1.29, 1.82) is 0 Å². The van der Waals surface area contributed by atoms with Crippen molar-refractivity contribution in [2.45, 2.75) is 6.04 Å². The molecule has 1 saturated heterocycles. The monoisotopic (exact) mass is 317 g/mol. The first-order chi connectivity index (χ1) is 8.59. The smallest absolute Gasteiger partial charge is 0.325 e. The van der Waals surface area contributed by atoms with Crippen molar-refractivity contribution in [2.75, 3.05) is 26.3 Å². The third-order valence-corrected chi connectivity index (χ3v) is 3.51.